The maximum Gasteiger partial charge on any atom is 0.308 e. The third-order valence-corrected chi connectivity index (χ3v) is 6.49. The molecule has 4 aromatic rings. The molecule has 31 heavy (non-hydrogen) atoms. The zero-order chi connectivity index (χ0) is 22.0. The van der Waals surface area contributed by atoms with Crippen molar-refractivity contribution in [1.82, 2.24) is 0 Å². The molecule has 0 aliphatic heterocycles. The van der Waals surface area contributed by atoms with Gasteiger partial charge in [0.05, 0.1) is 17.2 Å². The molecule has 0 N–H and O–H groups in total. The molecule has 0 spiro atoms. The van der Waals surface area contributed by atoms with Gasteiger partial charge in [0, 0.05) is 5.39 Å². The molecule has 0 bridgehead atoms. The smallest absolute Gasteiger partial charge is 0.308 e. The first-order chi connectivity index (χ1) is 14.9. The molecule has 0 unspecified atom stereocenters. The van der Waals surface area contributed by atoms with Crippen LogP contribution in [-0.2, 0) is 10.0 Å². The van der Waals surface area contributed by atoms with E-state index in [-0.39, 0.29) is 16.3 Å². The van der Waals surface area contributed by atoms with Crippen molar-refractivity contribution in [2.45, 2.75) is 18.7 Å². The van der Waals surface area contributed by atoms with E-state index in [0.717, 1.165) is 9.87 Å². The minimum absolute atomic E-state index is 0.0106. The lowest BCUT2D eigenvalue weighted by atomic mass is 10.2. The van der Waals surface area contributed by atoms with Crippen molar-refractivity contribution >= 4 is 32.6 Å². The van der Waals surface area contributed by atoms with E-state index in [1.807, 2.05) is 19.9 Å². The van der Waals surface area contributed by atoms with Crippen LogP contribution in [0.15, 0.2) is 88.2 Å². The van der Waals surface area contributed by atoms with Crippen LogP contribution in [0.3, 0.4) is 0 Å². The number of hydrogen-bond acceptors (Lipinski definition) is 5. The zero-order valence-corrected chi connectivity index (χ0v) is 17.9. The summed E-state index contributed by atoms with van der Waals surface area (Å²) in [6.45, 7) is 4.19. The lowest BCUT2D eigenvalue weighted by Crippen LogP contribution is -2.36. The first kappa shape index (κ1) is 20.7. The number of carbonyl (C=O) groups is 1. The number of ether oxygens (including phenoxy) is 1. The minimum atomic E-state index is -4.20. The number of amides is 1. The van der Waals surface area contributed by atoms with Crippen molar-refractivity contribution in [1.29, 1.82) is 0 Å². The molecular weight excluding hydrogens is 414 g/mol. The maximum absolute atomic E-state index is 13.5. The van der Waals surface area contributed by atoms with Crippen molar-refractivity contribution in [2.24, 2.45) is 0 Å². The van der Waals surface area contributed by atoms with Crippen molar-refractivity contribution in [3.8, 4) is 5.75 Å². The predicted octanol–water partition coefficient (Wildman–Crippen LogP) is 5.18. The number of nitrogens with zero attached hydrogens (tertiary/aromatic N) is 1. The molecule has 4 rings (SSSR count). The zero-order valence-electron chi connectivity index (χ0n) is 17.1. The Morgan fingerprint density at radius 1 is 0.968 bits per heavy atom. The molecule has 0 aliphatic carbocycles. The summed E-state index contributed by atoms with van der Waals surface area (Å²) in [5, 5.41) is 0.713. The third-order valence-electron chi connectivity index (χ3n) is 4.76. The summed E-state index contributed by atoms with van der Waals surface area (Å²) in [4.78, 5) is 13.4. The van der Waals surface area contributed by atoms with E-state index in [1.165, 1.54) is 24.3 Å². The van der Waals surface area contributed by atoms with Crippen molar-refractivity contribution in [2.75, 3.05) is 10.9 Å². The summed E-state index contributed by atoms with van der Waals surface area (Å²) in [5.74, 6) is -0.262. The largest absolute Gasteiger partial charge is 0.494 e. The van der Waals surface area contributed by atoms with Gasteiger partial charge in [0.25, 0.3) is 10.0 Å². The third kappa shape index (κ3) is 4.04. The summed E-state index contributed by atoms with van der Waals surface area (Å²) >= 11 is 0. The van der Waals surface area contributed by atoms with Gasteiger partial charge < -0.3 is 9.15 Å². The van der Waals surface area contributed by atoms with Crippen molar-refractivity contribution < 1.29 is 22.4 Å². The average Bonchev–Trinajstić information content (AvgIpc) is 3.20. The van der Waals surface area contributed by atoms with Gasteiger partial charge in [-0.05, 0) is 62.4 Å². The van der Waals surface area contributed by atoms with E-state index in [0.29, 0.717) is 23.3 Å². The molecule has 1 heterocycles. The topological polar surface area (TPSA) is 76.8 Å². The van der Waals surface area contributed by atoms with Gasteiger partial charge in [-0.15, -0.1) is 0 Å². The van der Waals surface area contributed by atoms with E-state index in [4.69, 9.17) is 9.15 Å². The Kier molecular flexibility index (Phi) is 5.52. The normalized spacial score (nSPS) is 11.4. The number of carbonyl (C=O) groups excluding carboxylic acids is 1. The van der Waals surface area contributed by atoms with Crippen LogP contribution in [0.5, 0.6) is 5.75 Å². The van der Waals surface area contributed by atoms with E-state index in [9.17, 15) is 13.2 Å². The molecular formula is C24H21NO5S. The fourth-order valence-corrected chi connectivity index (χ4v) is 4.61. The summed E-state index contributed by atoms with van der Waals surface area (Å²) in [5.41, 5.74) is 1.61. The molecule has 3 aromatic carbocycles. The highest BCUT2D eigenvalue weighted by molar-refractivity contribution is 7.93. The summed E-state index contributed by atoms with van der Waals surface area (Å²) in [6, 6.07) is 21.4. The van der Waals surface area contributed by atoms with Gasteiger partial charge in [-0.3, -0.25) is 4.79 Å². The van der Waals surface area contributed by atoms with Gasteiger partial charge in [0.15, 0.2) is 5.76 Å². The number of furan rings is 1. The Bertz CT molecular complexity index is 1290. The molecule has 158 valence electrons. The average molecular weight is 436 g/mol. The number of anilines is 1. The quantitative estimate of drug-likeness (QED) is 0.417. The summed E-state index contributed by atoms with van der Waals surface area (Å²) in [6.07, 6.45) is 0. The van der Waals surface area contributed by atoms with Gasteiger partial charge in [-0.25, -0.2) is 8.42 Å². The maximum atomic E-state index is 13.5. The van der Waals surface area contributed by atoms with Gasteiger partial charge in [0.2, 0.25) is 0 Å². The summed E-state index contributed by atoms with van der Waals surface area (Å²) in [7, 11) is -4.20. The highest BCUT2D eigenvalue weighted by atomic mass is 32.2. The Morgan fingerprint density at radius 3 is 2.29 bits per heavy atom. The monoisotopic (exact) mass is 435 g/mol. The molecule has 0 radical (unpaired) electrons. The number of hydrogen-bond donors (Lipinski definition) is 0. The number of fused-ring (bicyclic) bond motifs is 1. The fourth-order valence-electron chi connectivity index (χ4n) is 3.21. The van der Waals surface area contributed by atoms with E-state index >= 15 is 0 Å². The number of aryl methyl sites for hydroxylation is 1. The highest BCUT2D eigenvalue weighted by Crippen LogP contribution is 2.29. The SMILES string of the molecule is CCOc1ccc(N(C(=O)c2cc3ccccc3o2)S(=O)(=O)c2ccc(C)cc2)cc1. The predicted molar refractivity (Wildman–Crippen MR) is 119 cm³/mol. The first-order valence-corrected chi connectivity index (χ1v) is 11.2. The second kappa shape index (κ2) is 8.28. The lowest BCUT2D eigenvalue weighted by molar-refractivity contribution is 0.0981. The van der Waals surface area contributed by atoms with Gasteiger partial charge in [0.1, 0.15) is 11.3 Å². The van der Waals surface area contributed by atoms with Gasteiger partial charge in [-0.1, -0.05) is 35.9 Å². The van der Waals surface area contributed by atoms with Crippen LogP contribution < -0.4 is 9.04 Å². The second-order valence-electron chi connectivity index (χ2n) is 6.96. The molecule has 6 nitrogen and oxygen atoms in total. The Labute approximate surface area is 180 Å². The standard InChI is InChI=1S/C24H21NO5S/c1-3-29-20-12-10-19(11-13-20)25(31(27,28)21-14-8-17(2)9-15-21)24(26)23-16-18-6-4-5-7-22(18)30-23/h4-16H,3H2,1-2H3. The fraction of sp³-hybridized carbons (Fsp3) is 0.125. The Hall–Kier alpha value is -3.58. The van der Waals surface area contributed by atoms with Crippen LogP contribution in [0.1, 0.15) is 23.0 Å². The molecule has 0 aliphatic rings. The van der Waals surface area contributed by atoms with E-state index < -0.39 is 15.9 Å². The Balaban J connectivity index is 1.83. The number of benzene rings is 3. The molecule has 0 saturated heterocycles. The summed E-state index contributed by atoms with van der Waals surface area (Å²) < 4.78 is 38.9. The highest BCUT2D eigenvalue weighted by Gasteiger charge is 2.33. The van der Waals surface area contributed by atoms with Crippen LogP contribution in [0.25, 0.3) is 11.0 Å². The number of rotatable bonds is 6. The molecule has 1 aromatic heterocycles. The van der Waals surface area contributed by atoms with Gasteiger partial charge >= 0.3 is 5.91 Å². The van der Waals surface area contributed by atoms with Crippen LogP contribution in [0.2, 0.25) is 0 Å². The van der Waals surface area contributed by atoms with Crippen molar-refractivity contribution in [3.05, 3.63) is 90.2 Å². The minimum Gasteiger partial charge on any atom is -0.494 e. The molecule has 0 atom stereocenters. The van der Waals surface area contributed by atoms with Crippen LogP contribution in [-0.4, -0.2) is 20.9 Å². The van der Waals surface area contributed by atoms with Crippen molar-refractivity contribution in [3.63, 3.8) is 0 Å². The van der Waals surface area contributed by atoms with Crippen LogP contribution in [0.4, 0.5) is 5.69 Å². The number of sulfonamides is 1. The number of para-hydroxylation sites is 1. The molecule has 1 amide bonds. The van der Waals surface area contributed by atoms with Gasteiger partial charge in [-0.2, -0.15) is 4.31 Å². The first-order valence-electron chi connectivity index (χ1n) is 9.78. The Morgan fingerprint density at radius 2 is 1.65 bits per heavy atom. The molecule has 0 fully saturated rings. The van der Waals surface area contributed by atoms with E-state index in [2.05, 4.69) is 0 Å². The van der Waals surface area contributed by atoms with Crippen LogP contribution in [0, 0.1) is 6.92 Å². The van der Waals surface area contributed by atoms with Crippen LogP contribution >= 0.6 is 0 Å². The molecule has 7 heteroatoms. The second-order valence-corrected chi connectivity index (χ2v) is 8.75. The van der Waals surface area contributed by atoms with E-state index in [1.54, 1.807) is 48.5 Å². The molecule has 0 saturated carbocycles. The lowest BCUT2D eigenvalue weighted by Gasteiger charge is -2.22.